The first-order chi connectivity index (χ1) is 15.2. The number of carbonyl (C=O) groups is 1. The van der Waals surface area contributed by atoms with Gasteiger partial charge in [-0.2, -0.15) is 10.4 Å². The Hall–Kier alpha value is -3.19. The molecule has 8 nitrogen and oxygen atoms in total. The van der Waals surface area contributed by atoms with Crippen LogP contribution in [0.4, 0.5) is 11.5 Å². The number of nitrogens with one attached hydrogen (secondary N) is 4. The van der Waals surface area contributed by atoms with Crippen LogP contribution in [0.5, 0.6) is 0 Å². The Bertz CT molecular complexity index is 1050. The van der Waals surface area contributed by atoms with Crippen molar-refractivity contribution in [3.63, 3.8) is 0 Å². The van der Waals surface area contributed by atoms with E-state index in [1.807, 2.05) is 24.3 Å². The van der Waals surface area contributed by atoms with Crippen LogP contribution >= 0.6 is 11.3 Å². The summed E-state index contributed by atoms with van der Waals surface area (Å²) in [6.45, 7) is 3.06. The fourth-order valence-corrected chi connectivity index (χ4v) is 4.13. The normalized spacial score (nSPS) is 15.9. The molecule has 0 aliphatic carbocycles. The molecular weight excluding hydrogens is 412 g/mol. The van der Waals surface area contributed by atoms with Crippen molar-refractivity contribution in [3.05, 3.63) is 52.9 Å². The van der Waals surface area contributed by atoms with Gasteiger partial charge in [0.25, 0.3) is 5.91 Å². The molecule has 4 rings (SSSR count). The molecule has 1 amide bonds. The van der Waals surface area contributed by atoms with Crippen LogP contribution in [0.3, 0.4) is 0 Å². The predicted octanol–water partition coefficient (Wildman–Crippen LogP) is 3.25. The highest BCUT2D eigenvalue weighted by atomic mass is 32.1. The lowest BCUT2D eigenvalue weighted by molar-refractivity contribution is 0.0734. The zero-order valence-electron chi connectivity index (χ0n) is 17.0. The zero-order chi connectivity index (χ0) is 21.5. The summed E-state index contributed by atoms with van der Waals surface area (Å²) < 4.78 is 5.44. The number of nitriles is 1. The van der Waals surface area contributed by atoms with Gasteiger partial charge >= 0.3 is 0 Å². The number of rotatable bonds is 8. The molecule has 1 atom stereocenters. The topological polar surface area (TPSA) is 115 Å². The Balaban J connectivity index is 1.25. The van der Waals surface area contributed by atoms with Crippen molar-refractivity contribution in [1.29, 1.82) is 5.26 Å². The maximum absolute atomic E-state index is 12.3. The quantitative estimate of drug-likeness (QED) is 0.403. The molecule has 9 heteroatoms. The Morgan fingerprint density at radius 3 is 2.90 bits per heavy atom. The minimum atomic E-state index is -0.0764. The highest BCUT2D eigenvalue weighted by molar-refractivity contribution is 7.15. The van der Waals surface area contributed by atoms with E-state index in [4.69, 9.17) is 10.00 Å². The first kappa shape index (κ1) is 21.1. The van der Waals surface area contributed by atoms with E-state index < -0.39 is 0 Å². The van der Waals surface area contributed by atoms with Crippen molar-refractivity contribution >= 4 is 28.7 Å². The average Bonchev–Trinajstić information content (AvgIpc) is 3.47. The van der Waals surface area contributed by atoms with Crippen LogP contribution in [-0.4, -0.2) is 48.4 Å². The van der Waals surface area contributed by atoms with Gasteiger partial charge in [-0.05, 0) is 49.2 Å². The van der Waals surface area contributed by atoms with Gasteiger partial charge in [0.15, 0.2) is 5.82 Å². The van der Waals surface area contributed by atoms with Crippen LogP contribution in [0.25, 0.3) is 10.6 Å². The molecule has 1 unspecified atom stereocenters. The minimum absolute atomic E-state index is 0.0764. The zero-order valence-corrected chi connectivity index (χ0v) is 17.8. The van der Waals surface area contributed by atoms with Crippen LogP contribution in [0.2, 0.25) is 0 Å². The van der Waals surface area contributed by atoms with Crippen LogP contribution in [0, 0.1) is 11.3 Å². The Morgan fingerprint density at radius 2 is 2.16 bits per heavy atom. The first-order valence-electron chi connectivity index (χ1n) is 10.2. The number of H-pyrrole nitrogens is 1. The highest BCUT2D eigenvalue weighted by Crippen LogP contribution is 2.28. The van der Waals surface area contributed by atoms with Crippen molar-refractivity contribution in [1.82, 2.24) is 20.8 Å². The van der Waals surface area contributed by atoms with Gasteiger partial charge in [-0.15, -0.1) is 11.3 Å². The number of anilines is 2. The van der Waals surface area contributed by atoms with Gasteiger partial charge in [-0.25, -0.2) is 0 Å². The highest BCUT2D eigenvalue weighted by Gasteiger charge is 2.13. The lowest BCUT2D eigenvalue weighted by Crippen LogP contribution is -2.41. The number of carbonyl (C=O) groups excluding carboxylic acids is 1. The fraction of sp³-hybridized carbons (Fsp3) is 0.318. The summed E-state index contributed by atoms with van der Waals surface area (Å²) in [6.07, 6.45) is 1.89. The molecule has 3 heterocycles. The number of ether oxygens (including phenoxy) is 1. The van der Waals surface area contributed by atoms with Crippen LogP contribution in [-0.2, 0) is 4.74 Å². The summed E-state index contributed by atoms with van der Waals surface area (Å²) in [6, 6.07) is 15.4. The average molecular weight is 437 g/mol. The number of morpholine rings is 1. The summed E-state index contributed by atoms with van der Waals surface area (Å²) >= 11 is 1.41. The van der Waals surface area contributed by atoms with Crippen molar-refractivity contribution in [2.75, 3.05) is 31.6 Å². The van der Waals surface area contributed by atoms with Gasteiger partial charge in [0.2, 0.25) is 0 Å². The Kier molecular flexibility index (Phi) is 6.94. The third-order valence-corrected chi connectivity index (χ3v) is 6.02. The van der Waals surface area contributed by atoms with Gasteiger partial charge in [-0.1, -0.05) is 0 Å². The predicted molar refractivity (Wildman–Crippen MR) is 121 cm³/mol. The number of aromatic nitrogens is 2. The third kappa shape index (κ3) is 5.70. The Labute approximate surface area is 184 Å². The van der Waals surface area contributed by atoms with E-state index in [0.29, 0.717) is 28.8 Å². The van der Waals surface area contributed by atoms with Crippen molar-refractivity contribution in [2.24, 2.45) is 0 Å². The summed E-state index contributed by atoms with van der Waals surface area (Å²) in [4.78, 5) is 14.0. The fourth-order valence-electron chi connectivity index (χ4n) is 3.37. The van der Waals surface area contributed by atoms with E-state index in [-0.39, 0.29) is 5.91 Å². The van der Waals surface area contributed by atoms with E-state index in [9.17, 15) is 4.79 Å². The van der Waals surface area contributed by atoms with E-state index in [1.165, 1.54) is 11.3 Å². The molecular formula is C22H24N6O2S. The second kappa shape index (κ2) is 10.2. The van der Waals surface area contributed by atoms with Crippen LogP contribution in [0.1, 0.15) is 28.1 Å². The molecule has 160 valence electrons. The van der Waals surface area contributed by atoms with Gasteiger partial charge in [0, 0.05) is 36.4 Å². The van der Waals surface area contributed by atoms with E-state index in [1.54, 1.807) is 18.2 Å². The second-order valence-electron chi connectivity index (χ2n) is 7.27. The molecule has 4 N–H and O–H groups in total. The van der Waals surface area contributed by atoms with Crippen LogP contribution in [0.15, 0.2) is 42.5 Å². The lowest BCUT2D eigenvalue weighted by atomic mass is 10.1. The molecule has 3 aromatic rings. The summed E-state index contributed by atoms with van der Waals surface area (Å²) in [5, 5.41) is 25.8. The van der Waals surface area contributed by atoms with Crippen molar-refractivity contribution in [3.8, 4) is 16.6 Å². The summed E-state index contributed by atoms with van der Waals surface area (Å²) in [5.41, 5.74) is 2.30. The van der Waals surface area contributed by atoms with Gasteiger partial charge in [0.05, 0.1) is 23.8 Å². The molecule has 0 bridgehead atoms. The first-order valence-corrected chi connectivity index (χ1v) is 11.0. The van der Waals surface area contributed by atoms with Crippen molar-refractivity contribution < 1.29 is 9.53 Å². The minimum Gasteiger partial charge on any atom is -0.379 e. The van der Waals surface area contributed by atoms with E-state index in [0.717, 1.165) is 48.9 Å². The molecule has 0 saturated carbocycles. The number of nitrogens with zero attached hydrogens (tertiary/aromatic N) is 2. The largest absolute Gasteiger partial charge is 0.379 e. The molecule has 1 aromatic carbocycles. The standard InChI is InChI=1S/C22H24N6O2S/c23-13-18-7-8-20(31-18)19-12-21(28-27-19)26-16-5-3-15(4-6-16)22(29)25-9-1-2-17-14-30-11-10-24-17/h3-8,12,17,24H,1-2,9-11,14H2,(H,25,29)(H2,26,27,28). The molecule has 1 saturated heterocycles. The monoisotopic (exact) mass is 436 g/mol. The number of hydrogen-bond donors (Lipinski definition) is 4. The molecule has 0 radical (unpaired) electrons. The lowest BCUT2D eigenvalue weighted by Gasteiger charge is -2.23. The Morgan fingerprint density at radius 1 is 1.29 bits per heavy atom. The SMILES string of the molecule is N#Cc1ccc(-c2cc(Nc3ccc(C(=O)NCCCC4COCCN4)cc3)n[nH]2)s1. The third-order valence-electron chi connectivity index (χ3n) is 4.99. The number of aromatic amines is 1. The van der Waals surface area contributed by atoms with Crippen LogP contribution < -0.4 is 16.0 Å². The number of amides is 1. The molecule has 1 aliphatic rings. The van der Waals surface area contributed by atoms with Crippen molar-refractivity contribution in [2.45, 2.75) is 18.9 Å². The second-order valence-corrected chi connectivity index (χ2v) is 8.35. The summed E-state index contributed by atoms with van der Waals surface area (Å²) in [7, 11) is 0. The summed E-state index contributed by atoms with van der Waals surface area (Å²) in [5.74, 6) is 0.590. The molecule has 2 aromatic heterocycles. The van der Waals surface area contributed by atoms with Gasteiger partial charge < -0.3 is 20.7 Å². The smallest absolute Gasteiger partial charge is 0.251 e. The molecule has 0 spiro atoms. The number of hydrogen-bond acceptors (Lipinski definition) is 7. The van der Waals surface area contributed by atoms with Gasteiger partial charge in [0.1, 0.15) is 10.9 Å². The van der Waals surface area contributed by atoms with E-state index in [2.05, 4.69) is 32.2 Å². The number of thiophene rings is 1. The molecule has 1 aliphatic heterocycles. The molecule has 31 heavy (non-hydrogen) atoms. The maximum Gasteiger partial charge on any atom is 0.251 e. The number of benzene rings is 1. The molecule has 1 fully saturated rings. The van der Waals surface area contributed by atoms with Gasteiger partial charge in [-0.3, -0.25) is 9.89 Å². The van der Waals surface area contributed by atoms with E-state index >= 15 is 0 Å². The maximum atomic E-state index is 12.3.